The first kappa shape index (κ1) is 15.3. The van der Waals surface area contributed by atoms with Gasteiger partial charge in [0.2, 0.25) is 0 Å². The lowest BCUT2D eigenvalue weighted by Crippen LogP contribution is -2.17. The summed E-state index contributed by atoms with van der Waals surface area (Å²) < 4.78 is 0. The molecule has 3 heterocycles. The van der Waals surface area contributed by atoms with Gasteiger partial charge in [-0.3, -0.25) is 0 Å². The lowest BCUT2D eigenvalue weighted by molar-refractivity contribution is 0.603. The lowest BCUT2D eigenvalue weighted by Gasteiger charge is -2.21. The number of halogens is 1. The van der Waals surface area contributed by atoms with Crippen LogP contribution in [0.15, 0.2) is 71.2 Å². The van der Waals surface area contributed by atoms with E-state index in [-0.39, 0.29) is 12.4 Å². The van der Waals surface area contributed by atoms with E-state index in [4.69, 9.17) is 4.99 Å². The van der Waals surface area contributed by atoms with Crippen LogP contribution in [0.2, 0.25) is 0 Å². The lowest BCUT2D eigenvalue weighted by atomic mass is 9.86. The summed E-state index contributed by atoms with van der Waals surface area (Å²) in [4.78, 5) is 10.8. The molecule has 3 nitrogen and oxygen atoms in total. The van der Waals surface area contributed by atoms with Crippen molar-refractivity contribution in [3.63, 3.8) is 0 Å². The molecule has 0 bridgehead atoms. The topological polar surface area (TPSA) is 31.4 Å². The Hall–Kier alpha value is -2.26. The Bertz CT molecular complexity index is 900. The molecule has 2 aliphatic heterocycles. The van der Waals surface area contributed by atoms with E-state index in [0.29, 0.717) is 5.92 Å². The Labute approximate surface area is 147 Å². The molecule has 1 atom stereocenters. The summed E-state index contributed by atoms with van der Waals surface area (Å²) in [6.45, 7) is 1.09. The third-order valence-electron chi connectivity index (χ3n) is 5.11. The first-order chi connectivity index (χ1) is 11.4. The number of aromatic amines is 1. The number of amidine groups is 1. The Balaban J connectivity index is 0.00000146. The molecule has 1 aromatic carbocycles. The zero-order valence-electron chi connectivity index (χ0n) is 13.4. The SMILES string of the molecule is C1=CC2=C(N=C3CCCN3C=C2)C(c2c[nH]c3ccccc23)C1.Cl. The molecule has 0 spiro atoms. The number of aromatic nitrogens is 1. The van der Waals surface area contributed by atoms with Crippen molar-refractivity contribution in [3.05, 3.63) is 71.7 Å². The molecule has 1 N–H and O–H groups in total. The molecule has 0 saturated carbocycles. The van der Waals surface area contributed by atoms with Crippen molar-refractivity contribution in [3.8, 4) is 0 Å². The largest absolute Gasteiger partial charge is 0.361 e. The highest BCUT2D eigenvalue weighted by molar-refractivity contribution is 5.88. The first-order valence-electron chi connectivity index (χ1n) is 8.39. The number of hydrogen-bond donors (Lipinski definition) is 1. The van der Waals surface area contributed by atoms with Crippen LogP contribution in [-0.2, 0) is 0 Å². The minimum absolute atomic E-state index is 0. The molecule has 3 aliphatic rings. The van der Waals surface area contributed by atoms with Crippen molar-refractivity contribution in [1.29, 1.82) is 0 Å². The molecule has 4 heteroatoms. The molecule has 1 unspecified atom stereocenters. The van der Waals surface area contributed by atoms with Crippen LogP contribution >= 0.6 is 12.4 Å². The summed E-state index contributed by atoms with van der Waals surface area (Å²) in [6.07, 6.45) is 14.4. The molecule has 1 saturated heterocycles. The summed E-state index contributed by atoms with van der Waals surface area (Å²) in [5, 5.41) is 1.32. The summed E-state index contributed by atoms with van der Waals surface area (Å²) >= 11 is 0. The van der Waals surface area contributed by atoms with Crippen molar-refractivity contribution in [2.24, 2.45) is 4.99 Å². The van der Waals surface area contributed by atoms with Crippen LogP contribution in [0.3, 0.4) is 0 Å². The molecular weight excluding hydrogens is 318 g/mol. The summed E-state index contributed by atoms with van der Waals surface area (Å²) in [5.74, 6) is 1.57. The quantitative estimate of drug-likeness (QED) is 0.787. The second-order valence-corrected chi connectivity index (χ2v) is 6.46. The van der Waals surface area contributed by atoms with Crippen molar-refractivity contribution in [1.82, 2.24) is 9.88 Å². The van der Waals surface area contributed by atoms with Gasteiger partial charge in [0.15, 0.2) is 0 Å². The van der Waals surface area contributed by atoms with E-state index in [1.165, 1.54) is 40.0 Å². The Morgan fingerprint density at radius 3 is 3.04 bits per heavy atom. The van der Waals surface area contributed by atoms with E-state index >= 15 is 0 Å². The van der Waals surface area contributed by atoms with Crippen LogP contribution in [0.5, 0.6) is 0 Å². The van der Waals surface area contributed by atoms with Crippen molar-refractivity contribution >= 4 is 29.1 Å². The van der Waals surface area contributed by atoms with Gasteiger partial charge in [0, 0.05) is 42.2 Å². The van der Waals surface area contributed by atoms with Crippen LogP contribution in [-0.4, -0.2) is 22.3 Å². The summed E-state index contributed by atoms with van der Waals surface area (Å²) in [5.41, 5.74) is 5.06. The number of rotatable bonds is 1. The van der Waals surface area contributed by atoms with Crippen LogP contribution in [0.4, 0.5) is 0 Å². The molecule has 1 aromatic heterocycles. The Morgan fingerprint density at radius 1 is 1.17 bits per heavy atom. The average Bonchev–Trinajstić information content (AvgIpc) is 3.17. The van der Waals surface area contributed by atoms with Crippen LogP contribution in [0.25, 0.3) is 10.9 Å². The monoisotopic (exact) mass is 337 g/mol. The van der Waals surface area contributed by atoms with Gasteiger partial charge < -0.3 is 9.88 Å². The summed E-state index contributed by atoms with van der Waals surface area (Å²) in [6, 6.07) is 8.55. The second kappa shape index (κ2) is 5.99. The van der Waals surface area contributed by atoms with Gasteiger partial charge in [-0.2, -0.15) is 0 Å². The van der Waals surface area contributed by atoms with Gasteiger partial charge in [0.25, 0.3) is 0 Å². The van der Waals surface area contributed by atoms with E-state index < -0.39 is 0 Å². The maximum Gasteiger partial charge on any atom is 0.108 e. The molecule has 0 radical (unpaired) electrons. The standard InChI is InChI=1S/C20H19N3.ClH/c1-2-8-18-15(6-1)17(13-21-18)16-7-3-5-14-10-12-23-11-4-9-19(23)22-20(14)16;/h1-3,5-6,8,10,12-13,16,21H,4,7,9,11H2;1H. The zero-order chi connectivity index (χ0) is 15.2. The third-order valence-corrected chi connectivity index (χ3v) is 5.11. The first-order valence-corrected chi connectivity index (χ1v) is 8.39. The van der Waals surface area contributed by atoms with E-state index in [2.05, 4.69) is 64.8 Å². The van der Waals surface area contributed by atoms with Crippen LogP contribution in [0.1, 0.15) is 30.7 Å². The number of aliphatic imine (C=N–C) groups is 1. The fraction of sp³-hybridized carbons (Fsp3) is 0.250. The number of benzene rings is 1. The molecular formula is C20H20ClN3. The van der Waals surface area contributed by atoms with Gasteiger partial charge in [0.05, 0.1) is 5.70 Å². The maximum atomic E-state index is 5.10. The van der Waals surface area contributed by atoms with Crippen molar-refractivity contribution < 1.29 is 0 Å². The number of nitrogens with zero attached hydrogens (tertiary/aromatic N) is 2. The highest BCUT2D eigenvalue weighted by atomic mass is 35.5. The number of para-hydroxylation sites is 1. The predicted molar refractivity (Wildman–Crippen MR) is 102 cm³/mol. The van der Waals surface area contributed by atoms with Gasteiger partial charge in [0.1, 0.15) is 5.84 Å². The van der Waals surface area contributed by atoms with Gasteiger partial charge in [-0.1, -0.05) is 30.4 Å². The van der Waals surface area contributed by atoms with E-state index in [9.17, 15) is 0 Å². The van der Waals surface area contributed by atoms with Crippen LogP contribution in [0, 0.1) is 0 Å². The molecule has 0 amide bonds. The molecule has 24 heavy (non-hydrogen) atoms. The number of H-pyrrole nitrogens is 1. The van der Waals surface area contributed by atoms with Gasteiger partial charge >= 0.3 is 0 Å². The Morgan fingerprint density at radius 2 is 2.08 bits per heavy atom. The summed E-state index contributed by atoms with van der Waals surface area (Å²) in [7, 11) is 0. The van der Waals surface area contributed by atoms with Crippen LogP contribution < -0.4 is 0 Å². The van der Waals surface area contributed by atoms with Gasteiger partial charge in [-0.15, -0.1) is 12.4 Å². The number of nitrogens with one attached hydrogen (secondary N) is 1. The van der Waals surface area contributed by atoms with E-state index in [1.807, 2.05) is 0 Å². The highest BCUT2D eigenvalue weighted by Gasteiger charge is 2.27. The number of hydrogen-bond acceptors (Lipinski definition) is 2. The fourth-order valence-electron chi connectivity index (χ4n) is 3.94. The van der Waals surface area contributed by atoms with E-state index in [0.717, 1.165) is 19.4 Å². The van der Waals surface area contributed by atoms with Gasteiger partial charge in [-0.05, 0) is 36.1 Å². The smallest absolute Gasteiger partial charge is 0.108 e. The highest BCUT2D eigenvalue weighted by Crippen LogP contribution is 2.40. The third kappa shape index (κ3) is 2.31. The zero-order valence-corrected chi connectivity index (χ0v) is 14.2. The van der Waals surface area contributed by atoms with Gasteiger partial charge in [-0.25, -0.2) is 4.99 Å². The minimum Gasteiger partial charge on any atom is -0.361 e. The van der Waals surface area contributed by atoms with Crippen molar-refractivity contribution in [2.75, 3.05) is 6.54 Å². The fourth-order valence-corrected chi connectivity index (χ4v) is 3.94. The molecule has 1 fully saturated rings. The normalized spacial score (nSPS) is 22.1. The van der Waals surface area contributed by atoms with Crippen molar-refractivity contribution in [2.45, 2.75) is 25.2 Å². The average molecular weight is 338 g/mol. The molecule has 2 aromatic rings. The number of allylic oxidation sites excluding steroid dienone is 5. The maximum absolute atomic E-state index is 5.10. The number of fused-ring (bicyclic) bond motifs is 2. The minimum atomic E-state index is 0. The predicted octanol–water partition coefficient (Wildman–Crippen LogP) is 4.91. The van der Waals surface area contributed by atoms with E-state index in [1.54, 1.807) is 0 Å². The molecule has 1 aliphatic carbocycles. The second-order valence-electron chi connectivity index (χ2n) is 6.46. The Kier molecular flexibility index (Phi) is 3.81. The molecule has 122 valence electrons. The molecule has 5 rings (SSSR count).